The Bertz CT molecular complexity index is 700. The van der Waals surface area contributed by atoms with E-state index in [1.165, 1.54) is 11.3 Å². The average molecular weight is 274 g/mol. The van der Waals surface area contributed by atoms with Crippen molar-refractivity contribution in [2.45, 2.75) is 0 Å². The van der Waals surface area contributed by atoms with Gasteiger partial charge in [-0.05, 0) is 29.6 Å². The lowest BCUT2D eigenvalue weighted by molar-refractivity contribution is 1.47. The predicted molar refractivity (Wildman–Crippen MR) is 78.8 cm³/mol. The van der Waals surface area contributed by atoms with Crippen molar-refractivity contribution in [2.75, 3.05) is 11.1 Å². The van der Waals surface area contributed by atoms with Crippen LogP contribution in [0, 0.1) is 5.41 Å². The standard InChI is InChI=1S/C12H10N4S2/c13-11(9-2-1-5-17-9)15-7-3-4-8-10(6-7)18-12(14)16-8/h1-6H,(H2,13,15)(H2,14,16). The second-order valence-electron chi connectivity index (χ2n) is 3.71. The largest absolute Gasteiger partial charge is 0.375 e. The van der Waals surface area contributed by atoms with Gasteiger partial charge in [-0.2, -0.15) is 0 Å². The fraction of sp³-hybridized carbons (Fsp3) is 0. The summed E-state index contributed by atoms with van der Waals surface area (Å²) in [5, 5.41) is 13.6. The third-order valence-corrected chi connectivity index (χ3v) is 4.18. The molecule has 3 rings (SSSR count). The van der Waals surface area contributed by atoms with Crippen LogP contribution < -0.4 is 11.1 Å². The molecule has 2 aromatic heterocycles. The van der Waals surface area contributed by atoms with Crippen LogP contribution in [-0.4, -0.2) is 10.8 Å². The topological polar surface area (TPSA) is 74.8 Å². The fourth-order valence-electron chi connectivity index (χ4n) is 1.65. The van der Waals surface area contributed by atoms with Gasteiger partial charge in [0.1, 0.15) is 5.84 Å². The first-order valence-electron chi connectivity index (χ1n) is 5.28. The van der Waals surface area contributed by atoms with Gasteiger partial charge in [0.2, 0.25) is 0 Å². The number of amidine groups is 1. The van der Waals surface area contributed by atoms with E-state index in [-0.39, 0.29) is 0 Å². The molecule has 90 valence electrons. The zero-order valence-electron chi connectivity index (χ0n) is 9.31. The number of nitrogens with two attached hydrogens (primary N) is 1. The van der Waals surface area contributed by atoms with Crippen LogP contribution in [-0.2, 0) is 0 Å². The molecule has 0 bridgehead atoms. The summed E-state index contributed by atoms with van der Waals surface area (Å²) in [6.07, 6.45) is 0. The highest BCUT2D eigenvalue weighted by Gasteiger charge is 2.05. The normalized spacial score (nSPS) is 10.7. The number of aromatic nitrogens is 1. The van der Waals surface area contributed by atoms with Gasteiger partial charge in [0.15, 0.2) is 5.13 Å². The summed E-state index contributed by atoms with van der Waals surface area (Å²) < 4.78 is 1.02. The first kappa shape index (κ1) is 11.2. The number of nitrogen functional groups attached to an aromatic ring is 1. The van der Waals surface area contributed by atoms with Crippen LogP contribution in [0.2, 0.25) is 0 Å². The third kappa shape index (κ3) is 2.07. The Labute approximate surface area is 112 Å². The lowest BCUT2D eigenvalue weighted by atomic mass is 10.3. The monoisotopic (exact) mass is 274 g/mol. The summed E-state index contributed by atoms with van der Waals surface area (Å²) >= 11 is 2.99. The molecule has 2 heterocycles. The highest BCUT2D eigenvalue weighted by molar-refractivity contribution is 7.22. The van der Waals surface area contributed by atoms with Crippen molar-refractivity contribution in [3.05, 3.63) is 40.6 Å². The number of rotatable bonds is 2. The van der Waals surface area contributed by atoms with E-state index in [2.05, 4.69) is 10.3 Å². The molecule has 6 heteroatoms. The second-order valence-corrected chi connectivity index (χ2v) is 5.72. The Kier molecular flexibility index (Phi) is 2.73. The maximum Gasteiger partial charge on any atom is 0.181 e. The van der Waals surface area contributed by atoms with Gasteiger partial charge < -0.3 is 11.1 Å². The number of thiazole rings is 1. The molecule has 0 unspecified atom stereocenters. The summed E-state index contributed by atoms with van der Waals surface area (Å²) in [6, 6.07) is 9.63. The van der Waals surface area contributed by atoms with Gasteiger partial charge in [0.25, 0.3) is 0 Å². The van der Waals surface area contributed by atoms with Gasteiger partial charge in [0.05, 0.1) is 15.1 Å². The van der Waals surface area contributed by atoms with Crippen molar-refractivity contribution in [3.8, 4) is 0 Å². The van der Waals surface area contributed by atoms with Gasteiger partial charge in [-0.1, -0.05) is 17.4 Å². The fourth-order valence-corrected chi connectivity index (χ4v) is 3.05. The highest BCUT2D eigenvalue weighted by atomic mass is 32.1. The molecule has 1 aromatic carbocycles. The van der Waals surface area contributed by atoms with Gasteiger partial charge in [-0.15, -0.1) is 11.3 Å². The molecule has 0 aliphatic rings. The number of anilines is 2. The molecule has 0 fully saturated rings. The Hall–Kier alpha value is -1.92. The second kappa shape index (κ2) is 4.40. The molecule has 4 N–H and O–H groups in total. The minimum Gasteiger partial charge on any atom is -0.375 e. The maximum atomic E-state index is 7.96. The number of hydrogen-bond acceptors (Lipinski definition) is 5. The molecule has 0 saturated carbocycles. The van der Waals surface area contributed by atoms with Crippen molar-refractivity contribution >= 4 is 49.5 Å². The van der Waals surface area contributed by atoms with Crippen molar-refractivity contribution in [1.82, 2.24) is 4.98 Å². The van der Waals surface area contributed by atoms with Crippen molar-refractivity contribution in [2.24, 2.45) is 0 Å². The molecule has 0 spiro atoms. The Morgan fingerprint density at radius 1 is 1.33 bits per heavy atom. The molecule has 4 nitrogen and oxygen atoms in total. The minimum atomic E-state index is 0.404. The molecule has 0 atom stereocenters. The summed E-state index contributed by atoms with van der Waals surface area (Å²) in [5.74, 6) is 0.404. The number of nitrogens with zero attached hydrogens (tertiary/aromatic N) is 1. The first-order valence-corrected chi connectivity index (χ1v) is 6.97. The van der Waals surface area contributed by atoms with E-state index >= 15 is 0 Å². The number of nitrogens with one attached hydrogen (secondary N) is 2. The molecule has 0 aliphatic heterocycles. The Balaban J connectivity index is 1.88. The minimum absolute atomic E-state index is 0.404. The molecular weight excluding hydrogens is 264 g/mol. The van der Waals surface area contributed by atoms with E-state index in [0.717, 1.165) is 20.8 Å². The molecule has 0 amide bonds. The van der Waals surface area contributed by atoms with E-state index in [1.807, 2.05) is 35.7 Å². The van der Waals surface area contributed by atoms with E-state index in [9.17, 15) is 0 Å². The van der Waals surface area contributed by atoms with Gasteiger partial charge in [0, 0.05) is 5.69 Å². The van der Waals surface area contributed by atoms with Gasteiger partial charge in [-0.25, -0.2) is 4.98 Å². The number of benzene rings is 1. The summed E-state index contributed by atoms with van der Waals surface area (Å²) in [4.78, 5) is 5.12. The highest BCUT2D eigenvalue weighted by Crippen LogP contribution is 2.26. The van der Waals surface area contributed by atoms with Gasteiger partial charge in [-0.3, -0.25) is 5.41 Å². The molecule has 3 aromatic rings. The Morgan fingerprint density at radius 3 is 3.00 bits per heavy atom. The van der Waals surface area contributed by atoms with Crippen LogP contribution in [0.4, 0.5) is 10.8 Å². The summed E-state index contributed by atoms with van der Waals surface area (Å²) in [6.45, 7) is 0. The van der Waals surface area contributed by atoms with Crippen LogP contribution >= 0.6 is 22.7 Å². The molecule has 18 heavy (non-hydrogen) atoms. The Morgan fingerprint density at radius 2 is 2.22 bits per heavy atom. The number of fused-ring (bicyclic) bond motifs is 1. The average Bonchev–Trinajstić information content (AvgIpc) is 2.95. The molecule has 0 aliphatic carbocycles. The van der Waals surface area contributed by atoms with E-state index in [0.29, 0.717) is 11.0 Å². The lowest BCUT2D eigenvalue weighted by Gasteiger charge is -2.05. The predicted octanol–water partition coefficient (Wildman–Crippen LogP) is 3.38. The van der Waals surface area contributed by atoms with Gasteiger partial charge >= 0.3 is 0 Å². The quantitative estimate of drug-likeness (QED) is 0.495. The van der Waals surface area contributed by atoms with Crippen LogP contribution in [0.1, 0.15) is 4.88 Å². The van der Waals surface area contributed by atoms with Crippen LogP contribution in [0.3, 0.4) is 0 Å². The first-order chi connectivity index (χ1) is 8.72. The van der Waals surface area contributed by atoms with E-state index in [4.69, 9.17) is 11.1 Å². The van der Waals surface area contributed by atoms with Crippen LogP contribution in [0.15, 0.2) is 35.7 Å². The molecule has 0 saturated heterocycles. The lowest BCUT2D eigenvalue weighted by Crippen LogP contribution is -2.09. The zero-order chi connectivity index (χ0) is 12.5. The third-order valence-electron chi connectivity index (χ3n) is 2.44. The van der Waals surface area contributed by atoms with Crippen LogP contribution in [0.25, 0.3) is 10.2 Å². The van der Waals surface area contributed by atoms with E-state index < -0.39 is 0 Å². The maximum absolute atomic E-state index is 7.96. The summed E-state index contributed by atoms with van der Waals surface area (Å²) in [7, 11) is 0. The molecule has 0 radical (unpaired) electrons. The van der Waals surface area contributed by atoms with Crippen molar-refractivity contribution in [1.29, 1.82) is 5.41 Å². The molecular formula is C12H10N4S2. The smallest absolute Gasteiger partial charge is 0.181 e. The number of thiophene rings is 1. The summed E-state index contributed by atoms with van der Waals surface area (Å²) in [5.41, 5.74) is 7.44. The number of hydrogen-bond donors (Lipinski definition) is 3. The zero-order valence-corrected chi connectivity index (χ0v) is 10.9. The SMILES string of the molecule is N=C(Nc1ccc2nc(N)sc2c1)c1cccs1. The van der Waals surface area contributed by atoms with E-state index in [1.54, 1.807) is 11.3 Å². The van der Waals surface area contributed by atoms with Crippen molar-refractivity contribution < 1.29 is 0 Å². The van der Waals surface area contributed by atoms with Crippen LogP contribution in [0.5, 0.6) is 0 Å². The van der Waals surface area contributed by atoms with Crippen molar-refractivity contribution in [3.63, 3.8) is 0 Å².